The van der Waals surface area contributed by atoms with E-state index in [1.165, 1.54) is 18.4 Å². The van der Waals surface area contributed by atoms with Crippen molar-refractivity contribution >= 4 is 16.9 Å². The maximum absolute atomic E-state index is 13.1. The number of rotatable bonds is 2. The second-order valence-electron chi connectivity index (χ2n) is 7.61. The van der Waals surface area contributed by atoms with Gasteiger partial charge in [-0.05, 0) is 68.9 Å². The monoisotopic (exact) mass is 326 g/mol. The number of amides is 1. The van der Waals surface area contributed by atoms with Crippen molar-refractivity contribution in [3.63, 3.8) is 0 Å². The highest BCUT2D eigenvalue weighted by atomic mass is 16.3. The van der Waals surface area contributed by atoms with Gasteiger partial charge in [0.15, 0.2) is 0 Å². The molecule has 2 aromatic rings. The first kappa shape index (κ1) is 15.7. The number of benzene rings is 1. The third-order valence-electron chi connectivity index (χ3n) is 6.05. The fourth-order valence-corrected chi connectivity index (χ4v) is 4.24. The van der Waals surface area contributed by atoms with Crippen molar-refractivity contribution in [2.75, 3.05) is 33.2 Å². The van der Waals surface area contributed by atoms with Crippen LogP contribution in [0.15, 0.2) is 28.9 Å². The van der Waals surface area contributed by atoms with Crippen LogP contribution in [0.2, 0.25) is 0 Å². The lowest BCUT2D eigenvalue weighted by Gasteiger charge is -2.37. The molecule has 0 unspecified atom stereocenters. The molecule has 0 saturated carbocycles. The Kier molecular flexibility index (Phi) is 3.87. The third-order valence-corrected chi connectivity index (χ3v) is 6.05. The van der Waals surface area contributed by atoms with Crippen LogP contribution in [0.25, 0.3) is 11.0 Å². The molecule has 0 aliphatic carbocycles. The number of furan rings is 1. The highest BCUT2D eigenvalue weighted by Gasteiger charge is 2.42. The zero-order valence-electron chi connectivity index (χ0n) is 14.7. The minimum absolute atomic E-state index is 0.137. The lowest BCUT2D eigenvalue weighted by Crippen LogP contribution is -2.40. The minimum atomic E-state index is 0.137. The predicted molar refractivity (Wildman–Crippen MR) is 95.3 cm³/mol. The Morgan fingerprint density at radius 2 is 1.96 bits per heavy atom. The van der Waals surface area contributed by atoms with E-state index in [4.69, 9.17) is 4.42 Å². The molecular weight excluding hydrogens is 300 g/mol. The molecule has 0 bridgehead atoms. The summed E-state index contributed by atoms with van der Waals surface area (Å²) in [6.07, 6.45) is 6.17. The van der Waals surface area contributed by atoms with Gasteiger partial charge in [-0.2, -0.15) is 0 Å². The number of piperidine rings is 1. The molecule has 1 spiro atoms. The predicted octanol–water partition coefficient (Wildman–Crippen LogP) is 3.55. The summed E-state index contributed by atoms with van der Waals surface area (Å²) in [4.78, 5) is 17.5. The lowest BCUT2D eigenvalue weighted by molar-refractivity contribution is 0.0737. The molecule has 4 nitrogen and oxygen atoms in total. The topological polar surface area (TPSA) is 36.7 Å². The van der Waals surface area contributed by atoms with E-state index >= 15 is 0 Å². The second kappa shape index (κ2) is 5.92. The number of fused-ring (bicyclic) bond motifs is 1. The van der Waals surface area contributed by atoms with E-state index in [9.17, 15) is 4.79 Å². The van der Waals surface area contributed by atoms with Gasteiger partial charge >= 0.3 is 0 Å². The summed E-state index contributed by atoms with van der Waals surface area (Å²) in [5, 5.41) is 0.962. The van der Waals surface area contributed by atoms with Crippen LogP contribution in [0.5, 0.6) is 0 Å². The SMILES string of the molecule is CCc1ccc2occ(C(=O)N3CCC4(CCN(C)CC4)C3)c2c1. The average Bonchev–Trinajstić information content (AvgIpc) is 3.21. The molecule has 24 heavy (non-hydrogen) atoms. The molecule has 4 rings (SSSR count). The van der Waals surface area contributed by atoms with Gasteiger partial charge in [0.05, 0.1) is 5.56 Å². The quantitative estimate of drug-likeness (QED) is 0.847. The maximum atomic E-state index is 13.1. The molecule has 0 N–H and O–H groups in total. The summed E-state index contributed by atoms with van der Waals surface area (Å²) in [5.74, 6) is 0.137. The number of carbonyl (C=O) groups excluding carboxylic acids is 1. The van der Waals surface area contributed by atoms with Crippen LogP contribution >= 0.6 is 0 Å². The molecule has 128 valence electrons. The van der Waals surface area contributed by atoms with Crippen molar-refractivity contribution in [2.24, 2.45) is 5.41 Å². The normalized spacial score (nSPS) is 21.0. The van der Waals surface area contributed by atoms with Crippen LogP contribution in [-0.2, 0) is 6.42 Å². The number of likely N-dealkylation sites (tertiary alicyclic amines) is 2. The summed E-state index contributed by atoms with van der Waals surface area (Å²) >= 11 is 0. The highest BCUT2D eigenvalue weighted by Crippen LogP contribution is 2.40. The van der Waals surface area contributed by atoms with Crippen molar-refractivity contribution in [1.29, 1.82) is 0 Å². The molecule has 1 aromatic heterocycles. The van der Waals surface area contributed by atoms with Crippen LogP contribution in [0, 0.1) is 5.41 Å². The van der Waals surface area contributed by atoms with E-state index < -0.39 is 0 Å². The van der Waals surface area contributed by atoms with E-state index in [2.05, 4.69) is 31.0 Å². The first-order valence-corrected chi connectivity index (χ1v) is 9.08. The molecule has 2 aliphatic rings. The zero-order chi connectivity index (χ0) is 16.7. The smallest absolute Gasteiger partial charge is 0.257 e. The highest BCUT2D eigenvalue weighted by molar-refractivity contribution is 6.06. The number of nitrogens with zero attached hydrogens (tertiary/aromatic N) is 2. The second-order valence-corrected chi connectivity index (χ2v) is 7.61. The number of carbonyl (C=O) groups is 1. The molecule has 2 aliphatic heterocycles. The van der Waals surface area contributed by atoms with Gasteiger partial charge in [-0.1, -0.05) is 13.0 Å². The Hall–Kier alpha value is -1.81. The summed E-state index contributed by atoms with van der Waals surface area (Å²) in [5.41, 5.74) is 3.12. The van der Waals surface area contributed by atoms with Crippen LogP contribution in [-0.4, -0.2) is 48.9 Å². The minimum Gasteiger partial charge on any atom is -0.463 e. The zero-order valence-corrected chi connectivity index (χ0v) is 14.7. The lowest BCUT2D eigenvalue weighted by atomic mass is 9.78. The standard InChI is InChI=1S/C20H26N2O2/c1-3-15-4-5-18-16(12-15)17(13-24-18)19(23)22-11-8-20(14-22)6-9-21(2)10-7-20/h4-5,12-13H,3,6-11,14H2,1-2H3. The van der Waals surface area contributed by atoms with E-state index in [1.807, 2.05) is 11.0 Å². The van der Waals surface area contributed by atoms with Gasteiger partial charge in [0.25, 0.3) is 5.91 Å². The van der Waals surface area contributed by atoms with E-state index in [-0.39, 0.29) is 5.91 Å². The maximum Gasteiger partial charge on any atom is 0.257 e. The summed E-state index contributed by atoms with van der Waals surface area (Å²) in [7, 11) is 2.19. The van der Waals surface area contributed by atoms with Crippen molar-refractivity contribution in [3.8, 4) is 0 Å². The molecule has 0 radical (unpaired) electrons. The van der Waals surface area contributed by atoms with Gasteiger partial charge < -0.3 is 14.2 Å². The number of aryl methyl sites for hydroxylation is 1. The Morgan fingerprint density at radius 3 is 2.71 bits per heavy atom. The van der Waals surface area contributed by atoms with Gasteiger partial charge in [0.1, 0.15) is 11.8 Å². The Balaban J connectivity index is 1.56. The van der Waals surface area contributed by atoms with E-state index in [1.54, 1.807) is 6.26 Å². The Labute approximate surface area is 143 Å². The molecule has 1 aromatic carbocycles. The average molecular weight is 326 g/mol. The molecule has 1 amide bonds. The molecule has 4 heteroatoms. The summed E-state index contributed by atoms with van der Waals surface area (Å²) < 4.78 is 5.63. The Morgan fingerprint density at radius 1 is 1.21 bits per heavy atom. The number of hydrogen-bond acceptors (Lipinski definition) is 3. The first-order valence-electron chi connectivity index (χ1n) is 9.08. The molecule has 3 heterocycles. The fourth-order valence-electron chi connectivity index (χ4n) is 4.24. The third kappa shape index (κ3) is 2.63. The van der Waals surface area contributed by atoms with Gasteiger partial charge in [0, 0.05) is 18.5 Å². The molecule has 2 fully saturated rings. The van der Waals surface area contributed by atoms with Gasteiger partial charge in [-0.25, -0.2) is 0 Å². The van der Waals surface area contributed by atoms with Crippen LogP contribution in [0.4, 0.5) is 0 Å². The van der Waals surface area contributed by atoms with E-state index in [0.29, 0.717) is 5.41 Å². The van der Waals surface area contributed by atoms with Gasteiger partial charge in [-0.3, -0.25) is 4.79 Å². The van der Waals surface area contributed by atoms with Gasteiger partial charge in [-0.15, -0.1) is 0 Å². The van der Waals surface area contributed by atoms with Crippen LogP contribution in [0.1, 0.15) is 42.1 Å². The summed E-state index contributed by atoms with van der Waals surface area (Å²) in [6.45, 7) is 6.21. The van der Waals surface area contributed by atoms with Crippen molar-refractivity contribution < 1.29 is 9.21 Å². The van der Waals surface area contributed by atoms with Crippen molar-refractivity contribution in [1.82, 2.24) is 9.80 Å². The molecule has 0 atom stereocenters. The molecular formula is C20H26N2O2. The van der Waals surface area contributed by atoms with Crippen molar-refractivity contribution in [3.05, 3.63) is 35.6 Å². The van der Waals surface area contributed by atoms with Crippen LogP contribution < -0.4 is 0 Å². The fraction of sp³-hybridized carbons (Fsp3) is 0.550. The van der Waals surface area contributed by atoms with Crippen molar-refractivity contribution in [2.45, 2.75) is 32.6 Å². The van der Waals surface area contributed by atoms with Gasteiger partial charge in [0.2, 0.25) is 0 Å². The summed E-state index contributed by atoms with van der Waals surface area (Å²) in [6, 6.07) is 6.16. The van der Waals surface area contributed by atoms with Crippen LogP contribution in [0.3, 0.4) is 0 Å². The number of hydrogen-bond donors (Lipinski definition) is 0. The Bertz CT molecular complexity index is 756. The molecule has 2 saturated heterocycles. The first-order chi connectivity index (χ1) is 11.6. The van der Waals surface area contributed by atoms with E-state index in [0.717, 1.165) is 55.6 Å². The largest absolute Gasteiger partial charge is 0.463 e.